The summed E-state index contributed by atoms with van der Waals surface area (Å²) in [5.74, 6) is 0.562. The largest absolute Gasteiger partial charge is 0.465 e. The summed E-state index contributed by atoms with van der Waals surface area (Å²) in [4.78, 5) is 12.3. The average molecular weight is 243 g/mol. The van der Waals surface area contributed by atoms with Crippen LogP contribution in [0.1, 0.15) is 10.4 Å². The maximum atomic E-state index is 11.4. The van der Waals surface area contributed by atoms with Gasteiger partial charge in [0, 0.05) is 17.2 Å². The van der Waals surface area contributed by atoms with E-state index >= 15 is 0 Å². The van der Waals surface area contributed by atoms with Gasteiger partial charge >= 0.3 is 5.97 Å². The Balaban J connectivity index is 2.73. The Morgan fingerprint density at radius 2 is 2.20 bits per heavy atom. The molecule has 0 amide bonds. The van der Waals surface area contributed by atoms with Crippen LogP contribution in [0.3, 0.4) is 0 Å². The zero-order valence-electron chi connectivity index (χ0n) is 8.43. The first-order chi connectivity index (χ1) is 7.29. The summed E-state index contributed by atoms with van der Waals surface area (Å²) in [6.07, 6.45) is 0. The topological polar surface area (TPSA) is 52.3 Å². The number of nitrogens with two attached hydrogens (primary N) is 1. The van der Waals surface area contributed by atoms with Crippen LogP contribution in [0.4, 0.5) is 0 Å². The lowest BCUT2D eigenvalue weighted by Gasteiger charge is -2.05. The number of esters is 1. The molecule has 0 aromatic heterocycles. The quantitative estimate of drug-likeness (QED) is 0.488. The lowest BCUT2D eigenvalue weighted by atomic mass is 10.2. The molecule has 0 fully saturated rings. The summed E-state index contributed by atoms with van der Waals surface area (Å²) in [6, 6.07) is 7.39. The summed E-state index contributed by atoms with van der Waals surface area (Å²) >= 11 is 0. The number of hydrogen-bond donors (Lipinski definition) is 1. The molecule has 0 unspecified atom stereocenters. The van der Waals surface area contributed by atoms with E-state index in [2.05, 4.69) is 0 Å². The first-order valence-electron chi connectivity index (χ1n) is 4.46. The van der Waals surface area contributed by atoms with E-state index in [-0.39, 0.29) is 5.97 Å². The number of benzene rings is 1. The summed E-state index contributed by atoms with van der Waals surface area (Å²) < 4.78 is 4.70. The van der Waals surface area contributed by atoms with Crippen molar-refractivity contribution < 1.29 is 9.53 Å². The molecule has 0 bridgehead atoms. The number of rotatable bonds is 5. The molecular formula is C10H13NO2S2. The lowest BCUT2D eigenvalue weighted by molar-refractivity contribution is 0.0597. The molecule has 82 valence electrons. The minimum absolute atomic E-state index is 0.300. The second-order valence-electron chi connectivity index (χ2n) is 2.68. The van der Waals surface area contributed by atoms with Crippen LogP contribution in [0.2, 0.25) is 0 Å². The van der Waals surface area contributed by atoms with Crippen molar-refractivity contribution in [1.82, 2.24) is 0 Å². The molecule has 1 rings (SSSR count). The van der Waals surface area contributed by atoms with Crippen molar-refractivity contribution in [3.05, 3.63) is 29.8 Å². The van der Waals surface area contributed by atoms with Gasteiger partial charge in [0.2, 0.25) is 0 Å². The number of carbonyl (C=O) groups is 1. The Kier molecular flexibility index (Phi) is 5.60. The van der Waals surface area contributed by atoms with Gasteiger partial charge in [-0.25, -0.2) is 4.79 Å². The zero-order chi connectivity index (χ0) is 11.1. The van der Waals surface area contributed by atoms with Crippen LogP contribution in [0.5, 0.6) is 0 Å². The second-order valence-corrected chi connectivity index (χ2v) is 5.14. The molecule has 0 spiro atoms. The fourth-order valence-corrected chi connectivity index (χ4v) is 3.01. The maximum absolute atomic E-state index is 11.4. The molecule has 1 aromatic rings. The Hall–Kier alpha value is -0.650. The Labute approximate surface area is 97.2 Å². The van der Waals surface area contributed by atoms with Crippen LogP contribution in [0.25, 0.3) is 0 Å². The van der Waals surface area contributed by atoms with E-state index in [1.807, 2.05) is 18.2 Å². The van der Waals surface area contributed by atoms with Crippen molar-refractivity contribution in [2.45, 2.75) is 4.90 Å². The van der Waals surface area contributed by atoms with Crippen molar-refractivity contribution in [3.63, 3.8) is 0 Å². The van der Waals surface area contributed by atoms with Crippen LogP contribution < -0.4 is 5.73 Å². The van der Waals surface area contributed by atoms with E-state index in [1.165, 1.54) is 7.11 Å². The highest BCUT2D eigenvalue weighted by atomic mass is 33.1. The molecule has 1 aromatic carbocycles. The minimum Gasteiger partial charge on any atom is -0.465 e. The highest BCUT2D eigenvalue weighted by Crippen LogP contribution is 2.33. The van der Waals surface area contributed by atoms with Gasteiger partial charge in [-0.05, 0) is 12.1 Å². The van der Waals surface area contributed by atoms with Gasteiger partial charge in [0.15, 0.2) is 0 Å². The first kappa shape index (κ1) is 12.4. The predicted octanol–water partition coefficient (Wildman–Crippen LogP) is 2.17. The summed E-state index contributed by atoms with van der Waals surface area (Å²) in [6.45, 7) is 0.637. The van der Waals surface area contributed by atoms with Gasteiger partial charge in [-0.15, -0.1) is 0 Å². The van der Waals surface area contributed by atoms with Crippen molar-refractivity contribution in [2.24, 2.45) is 5.73 Å². The average Bonchev–Trinajstić information content (AvgIpc) is 2.29. The molecule has 0 aliphatic heterocycles. The Morgan fingerprint density at radius 1 is 1.47 bits per heavy atom. The van der Waals surface area contributed by atoms with E-state index in [4.69, 9.17) is 10.5 Å². The van der Waals surface area contributed by atoms with E-state index in [0.29, 0.717) is 12.1 Å². The predicted molar refractivity (Wildman–Crippen MR) is 65.2 cm³/mol. The summed E-state index contributed by atoms with van der Waals surface area (Å²) in [5, 5.41) is 0. The van der Waals surface area contributed by atoms with E-state index in [9.17, 15) is 4.79 Å². The number of ether oxygens (including phenoxy) is 1. The van der Waals surface area contributed by atoms with Gasteiger partial charge in [0.1, 0.15) is 0 Å². The summed E-state index contributed by atoms with van der Waals surface area (Å²) in [5.41, 5.74) is 6.00. The SMILES string of the molecule is COC(=O)c1ccccc1SSCCN. The standard InChI is InChI=1S/C10H13NO2S2/c1-13-10(12)8-4-2-3-5-9(8)15-14-7-6-11/h2-5H,6-7,11H2,1H3. The molecule has 0 heterocycles. The molecule has 0 atom stereocenters. The molecule has 2 N–H and O–H groups in total. The molecule has 3 nitrogen and oxygen atoms in total. The third kappa shape index (κ3) is 3.77. The van der Waals surface area contributed by atoms with Gasteiger partial charge in [-0.2, -0.15) is 0 Å². The molecule has 0 radical (unpaired) electrons. The van der Waals surface area contributed by atoms with Crippen LogP contribution in [0.15, 0.2) is 29.2 Å². The van der Waals surface area contributed by atoms with Crippen molar-refractivity contribution >= 4 is 27.6 Å². The van der Waals surface area contributed by atoms with Gasteiger partial charge in [0.25, 0.3) is 0 Å². The molecular weight excluding hydrogens is 230 g/mol. The fourth-order valence-electron chi connectivity index (χ4n) is 0.971. The van der Waals surface area contributed by atoms with Crippen LogP contribution >= 0.6 is 21.6 Å². The van der Waals surface area contributed by atoms with Crippen molar-refractivity contribution in [1.29, 1.82) is 0 Å². The van der Waals surface area contributed by atoms with Gasteiger partial charge in [-0.3, -0.25) is 0 Å². The maximum Gasteiger partial charge on any atom is 0.339 e. The first-order valence-corrected chi connectivity index (χ1v) is 6.78. The fraction of sp³-hybridized carbons (Fsp3) is 0.300. The van der Waals surface area contributed by atoms with Gasteiger partial charge in [0.05, 0.1) is 12.7 Å². The zero-order valence-corrected chi connectivity index (χ0v) is 10.1. The highest BCUT2D eigenvalue weighted by molar-refractivity contribution is 8.76. The third-order valence-corrected chi connectivity index (χ3v) is 4.09. The van der Waals surface area contributed by atoms with E-state index in [1.54, 1.807) is 27.7 Å². The Bertz CT molecular complexity index is 331. The molecule has 0 saturated carbocycles. The van der Waals surface area contributed by atoms with Gasteiger partial charge in [-0.1, -0.05) is 33.7 Å². The molecule has 0 aliphatic carbocycles. The van der Waals surface area contributed by atoms with Gasteiger partial charge < -0.3 is 10.5 Å². The van der Waals surface area contributed by atoms with Crippen molar-refractivity contribution in [2.75, 3.05) is 19.4 Å². The normalized spacial score (nSPS) is 10.0. The van der Waals surface area contributed by atoms with Crippen LogP contribution in [-0.2, 0) is 4.74 Å². The number of methoxy groups -OCH3 is 1. The molecule has 0 saturated heterocycles. The van der Waals surface area contributed by atoms with E-state index < -0.39 is 0 Å². The highest BCUT2D eigenvalue weighted by Gasteiger charge is 2.10. The smallest absolute Gasteiger partial charge is 0.339 e. The third-order valence-electron chi connectivity index (χ3n) is 1.64. The Morgan fingerprint density at radius 3 is 2.87 bits per heavy atom. The monoisotopic (exact) mass is 243 g/mol. The lowest BCUT2D eigenvalue weighted by Crippen LogP contribution is -2.03. The molecule has 0 aliphatic rings. The second kappa shape index (κ2) is 6.76. The number of hydrogen-bond acceptors (Lipinski definition) is 5. The van der Waals surface area contributed by atoms with Crippen LogP contribution in [-0.4, -0.2) is 25.4 Å². The van der Waals surface area contributed by atoms with E-state index in [0.717, 1.165) is 10.6 Å². The van der Waals surface area contributed by atoms with Crippen molar-refractivity contribution in [3.8, 4) is 0 Å². The van der Waals surface area contributed by atoms with Crippen LogP contribution in [0, 0.1) is 0 Å². The summed E-state index contributed by atoms with van der Waals surface area (Å²) in [7, 11) is 4.57. The minimum atomic E-state index is -0.300. The molecule has 15 heavy (non-hydrogen) atoms. The number of carbonyl (C=O) groups excluding carboxylic acids is 1. The molecule has 5 heteroatoms.